The molecule has 0 saturated carbocycles. The summed E-state index contributed by atoms with van der Waals surface area (Å²) in [5.41, 5.74) is 2.35. The smallest absolute Gasteiger partial charge is 0.243 e. The van der Waals surface area contributed by atoms with E-state index in [9.17, 15) is 13.5 Å². The molecule has 0 fully saturated rings. The van der Waals surface area contributed by atoms with E-state index in [4.69, 9.17) is 14.9 Å². The number of furan rings is 1. The van der Waals surface area contributed by atoms with E-state index >= 15 is 0 Å². The molecule has 36 heavy (non-hydrogen) atoms. The van der Waals surface area contributed by atoms with Crippen LogP contribution in [0.5, 0.6) is 0 Å². The molecule has 0 radical (unpaired) electrons. The molecule has 9 heteroatoms. The molecule has 0 bridgehead atoms. The van der Waals surface area contributed by atoms with E-state index in [0.717, 1.165) is 16.5 Å². The van der Waals surface area contributed by atoms with Crippen LogP contribution in [-0.4, -0.2) is 35.0 Å². The number of para-hydroxylation sites is 1. The number of allylic oxidation sites excluding steroid dienone is 1. The first-order valence-electron chi connectivity index (χ1n) is 11.2. The third-order valence-corrected chi connectivity index (χ3v) is 7.58. The molecule has 2 aromatic heterocycles. The van der Waals surface area contributed by atoms with Crippen molar-refractivity contribution < 1.29 is 17.9 Å². The normalized spacial score (nSPS) is 12.2. The highest BCUT2D eigenvalue weighted by Gasteiger charge is 2.28. The summed E-state index contributed by atoms with van der Waals surface area (Å²) in [6, 6.07) is 21.0. The number of nitrogens with zero attached hydrogens (tertiary/aromatic N) is 4. The topological polar surface area (TPSA) is 123 Å². The molecule has 0 aliphatic heterocycles. The number of sulfonamides is 1. The van der Waals surface area contributed by atoms with Gasteiger partial charge in [-0.3, -0.25) is 0 Å². The van der Waals surface area contributed by atoms with Gasteiger partial charge in [0.1, 0.15) is 23.5 Å². The number of benzene rings is 2. The molecule has 182 valence electrons. The average Bonchev–Trinajstić information content (AvgIpc) is 3.50. The summed E-state index contributed by atoms with van der Waals surface area (Å²) in [6.45, 7) is 1.77. The highest BCUT2D eigenvalue weighted by molar-refractivity contribution is 7.89. The maximum absolute atomic E-state index is 13.5. The van der Waals surface area contributed by atoms with E-state index in [1.807, 2.05) is 43.3 Å². The summed E-state index contributed by atoms with van der Waals surface area (Å²) in [4.78, 5) is 0.131. The van der Waals surface area contributed by atoms with Crippen molar-refractivity contribution in [3.05, 3.63) is 95.6 Å². The van der Waals surface area contributed by atoms with E-state index in [-0.39, 0.29) is 30.1 Å². The zero-order valence-electron chi connectivity index (χ0n) is 19.6. The Kier molecular flexibility index (Phi) is 7.37. The minimum absolute atomic E-state index is 0.0334. The van der Waals surface area contributed by atoms with Crippen molar-refractivity contribution in [1.29, 1.82) is 10.5 Å². The van der Waals surface area contributed by atoms with Crippen molar-refractivity contribution in [2.24, 2.45) is 0 Å². The number of fused-ring (bicyclic) bond motifs is 1. The maximum Gasteiger partial charge on any atom is 0.243 e. The summed E-state index contributed by atoms with van der Waals surface area (Å²) >= 11 is 0. The summed E-state index contributed by atoms with van der Waals surface area (Å²) in [5, 5.41) is 30.1. The van der Waals surface area contributed by atoms with Gasteiger partial charge in [-0.15, -0.1) is 0 Å². The van der Waals surface area contributed by atoms with Crippen LogP contribution in [0.15, 0.2) is 88.0 Å². The molecule has 1 atom stereocenters. The molecule has 4 aromatic rings. The highest BCUT2D eigenvalue weighted by Crippen LogP contribution is 2.25. The molecule has 1 N–H and O–H groups in total. The maximum atomic E-state index is 13.5. The Labute approximate surface area is 209 Å². The lowest BCUT2D eigenvalue weighted by Gasteiger charge is -2.24. The van der Waals surface area contributed by atoms with Crippen molar-refractivity contribution >= 4 is 27.0 Å². The molecule has 0 aliphatic carbocycles. The van der Waals surface area contributed by atoms with Crippen molar-refractivity contribution in [3.8, 4) is 12.1 Å². The minimum Gasteiger partial charge on any atom is -0.468 e. The molecule has 0 amide bonds. The van der Waals surface area contributed by atoms with Gasteiger partial charge in [0.2, 0.25) is 10.0 Å². The molecular formula is C27H24N4O4S. The van der Waals surface area contributed by atoms with Gasteiger partial charge in [-0.05, 0) is 43.3 Å². The van der Waals surface area contributed by atoms with Crippen LogP contribution >= 0.6 is 0 Å². The predicted molar refractivity (Wildman–Crippen MR) is 135 cm³/mol. The van der Waals surface area contributed by atoms with Crippen LogP contribution in [-0.2, 0) is 23.1 Å². The first kappa shape index (κ1) is 25.0. The molecule has 0 spiro atoms. The molecule has 0 aliphatic rings. The van der Waals surface area contributed by atoms with E-state index < -0.39 is 16.1 Å². The molecule has 2 heterocycles. The second kappa shape index (κ2) is 10.6. The van der Waals surface area contributed by atoms with Gasteiger partial charge in [0, 0.05) is 35.8 Å². The van der Waals surface area contributed by atoms with E-state index in [1.54, 1.807) is 47.2 Å². The highest BCUT2D eigenvalue weighted by atomic mass is 32.2. The average molecular weight is 501 g/mol. The van der Waals surface area contributed by atoms with Crippen LogP contribution in [0.25, 0.3) is 17.0 Å². The number of aliphatic hydroxyl groups excluding tert-OH is 1. The molecular weight excluding hydrogens is 476 g/mol. The lowest BCUT2D eigenvalue weighted by molar-refractivity contribution is 0.125. The third kappa shape index (κ3) is 5.40. The number of aliphatic hydroxyl groups is 1. The van der Waals surface area contributed by atoms with Crippen molar-refractivity contribution in [2.75, 3.05) is 6.54 Å². The van der Waals surface area contributed by atoms with Crippen molar-refractivity contribution in [2.45, 2.75) is 31.0 Å². The summed E-state index contributed by atoms with van der Waals surface area (Å²) in [6.07, 6.45) is 3.66. The van der Waals surface area contributed by atoms with Gasteiger partial charge in [-0.1, -0.05) is 35.9 Å². The second-order valence-electron chi connectivity index (χ2n) is 8.38. The first-order chi connectivity index (χ1) is 17.3. The van der Waals surface area contributed by atoms with Crippen LogP contribution < -0.4 is 0 Å². The Morgan fingerprint density at radius 1 is 1.11 bits per heavy atom. The fourth-order valence-electron chi connectivity index (χ4n) is 3.99. The van der Waals surface area contributed by atoms with Crippen molar-refractivity contribution in [1.82, 2.24) is 8.87 Å². The quantitative estimate of drug-likeness (QED) is 0.343. The van der Waals surface area contributed by atoms with Gasteiger partial charge in [-0.25, -0.2) is 8.42 Å². The van der Waals surface area contributed by atoms with Crippen LogP contribution in [0.1, 0.15) is 16.9 Å². The number of nitriles is 2. The predicted octanol–water partition coefficient (Wildman–Crippen LogP) is 4.23. The monoisotopic (exact) mass is 500 g/mol. The molecule has 8 nitrogen and oxygen atoms in total. The fourth-order valence-corrected chi connectivity index (χ4v) is 5.43. The fraction of sp³-hybridized carbons (Fsp3) is 0.185. The number of hydrogen-bond acceptors (Lipinski definition) is 6. The zero-order valence-corrected chi connectivity index (χ0v) is 20.4. The Balaban J connectivity index is 1.64. The number of aryl methyl sites for hydroxylation is 1. The third-order valence-electron chi connectivity index (χ3n) is 5.75. The van der Waals surface area contributed by atoms with Gasteiger partial charge in [0.05, 0.1) is 23.8 Å². The zero-order chi connectivity index (χ0) is 25.7. The number of hydrogen-bond donors (Lipinski definition) is 1. The first-order valence-corrected chi connectivity index (χ1v) is 12.6. The molecule has 1 unspecified atom stereocenters. The lowest BCUT2D eigenvalue weighted by atomic mass is 10.1. The van der Waals surface area contributed by atoms with E-state index in [0.29, 0.717) is 11.3 Å². The SMILES string of the molecule is Cc1ccc(S(=O)(=O)N(Cc2ccco2)CC(O)Cn2cc(C=C(C#N)C#N)c3ccccc32)cc1. The van der Waals surface area contributed by atoms with Crippen LogP contribution in [0, 0.1) is 29.6 Å². The van der Waals surface area contributed by atoms with Gasteiger partial charge >= 0.3 is 0 Å². The molecule has 0 saturated heterocycles. The Morgan fingerprint density at radius 2 is 1.83 bits per heavy atom. The van der Waals surface area contributed by atoms with Gasteiger partial charge in [0.25, 0.3) is 0 Å². The Bertz CT molecular complexity index is 1560. The largest absolute Gasteiger partial charge is 0.468 e. The van der Waals surface area contributed by atoms with Gasteiger partial charge < -0.3 is 14.1 Å². The van der Waals surface area contributed by atoms with Crippen LogP contribution in [0.4, 0.5) is 0 Å². The number of rotatable bonds is 9. The lowest BCUT2D eigenvalue weighted by Crippen LogP contribution is -2.38. The van der Waals surface area contributed by atoms with E-state index in [2.05, 4.69) is 0 Å². The second-order valence-corrected chi connectivity index (χ2v) is 10.3. The number of aromatic nitrogens is 1. The van der Waals surface area contributed by atoms with Gasteiger partial charge in [-0.2, -0.15) is 14.8 Å². The van der Waals surface area contributed by atoms with E-state index in [1.165, 1.54) is 16.6 Å². The molecule has 2 aromatic carbocycles. The standard InChI is InChI=1S/C27H24N4O4S/c1-20-8-10-25(11-9-20)36(33,34)31(19-24-5-4-12-35-24)18-23(32)17-30-16-22(13-21(14-28)15-29)26-6-2-3-7-27(26)30/h2-13,16,23,32H,17-19H2,1H3. The molecule has 4 rings (SSSR count). The van der Waals surface area contributed by atoms with Gasteiger partial charge in [0.15, 0.2) is 0 Å². The Hall–Kier alpha value is -4.15. The summed E-state index contributed by atoms with van der Waals surface area (Å²) < 4.78 is 35.3. The summed E-state index contributed by atoms with van der Waals surface area (Å²) in [5.74, 6) is 0.456. The van der Waals surface area contributed by atoms with Crippen LogP contribution in [0.3, 0.4) is 0 Å². The summed E-state index contributed by atoms with van der Waals surface area (Å²) in [7, 11) is -3.92. The Morgan fingerprint density at radius 3 is 2.50 bits per heavy atom. The van der Waals surface area contributed by atoms with Crippen LogP contribution in [0.2, 0.25) is 0 Å². The van der Waals surface area contributed by atoms with Crippen molar-refractivity contribution in [3.63, 3.8) is 0 Å². The minimum atomic E-state index is -3.92.